The summed E-state index contributed by atoms with van der Waals surface area (Å²) < 4.78 is 0. The van der Waals surface area contributed by atoms with Gasteiger partial charge in [0.05, 0.1) is 12.2 Å². The van der Waals surface area contributed by atoms with Crippen LogP contribution in [0.4, 0.5) is 0 Å². The Morgan fingerprint density at radius 2 is 1.62 bits per heavy atom. The molecule has 2 atom stereocenters. The molecule has 0 aliphatic heterocycles. The van der Waals surface area contributed by atoms with E-state index in [1.165, 1.54) is 0 Å². The number of hydrogen-bond acceptors (Lipinski definition) is 2. The van der Waals surface area contributed by atoms with Crippen LogP contribution in [0.2, 0.25) is 0 Å². The van der Waals surface area contributed by atoms with Gasteiger partial charge in [-0.25, -0.2) is 0 Å². The van der Waals surface area contributed by atoms with Gasteiger partial charge in [0.25, 0.3) is 0 Å². The van der Waals surface area contributed by atoms with Gasteiger partial charge in [-0.05, 0) is 38.0 Å². The predicted molar refractivity (Wildman–Crippen MR) is 53.5 cm³/mol. The van der Waals surface area contributed by atoms with Crippen molar-refractivity contribution in [3.05, 3.63) is 0 Å². The predicted octanol–water partition coefficient (Wildman–Crippen LogP) is 2.09. The van der Waals surface area contributed by atoms with Gasteiger partial charge in [0, 0.05) is 0 Å². The van der Waals surface area contributed by atoms with E-state index in [-0.39, 0.29) is 12.2 Å². The molecule has 1 rings (SSSR count). The normalized spacial score (nSPS) is 36.7. The SMILES string of the molecule is CCCC1CC(O)CCCC(O)C1. The number of rotatable bonds is 2. The van der Waals surface area contributed by atoms with Crippen LogP contribution in [0.1, 0.15) is 51.9 Å². The molecule has 2 nitrogen and oxygen atoms in total. The summed E-state index contributed by atoms with van der Waals surface area (Å²) in [6.45, 7) is 2.16. The minimum Gasteiger partial charge on any atom is -0.393 e. The van der Waals surface area contributed by atoms with Gasteiger partial charge in [-0.1, -0.05) is 19.8 Å². The second-order valence-electron chi connectivity index (χ2n) is 4.36. The van der Waals surface area contributed by atoms with Crippen LogP contribution in [0.15, 0.2) is 0 Å². The van der Waals surface area contributed by atoms with E-state index in [4.69, 9.17) is 0 Å². The minimum absolute atomic E-state index is 0.121. The second kappa shape index (κ2) is 5.61. The van der Waals surface area contributed by atoms with Crippen LogP contribution >= 0.6 is 0 Å². The van der Waals surface area contributed by atoms with Crippen molar-refractivity contribution in [3.63, 3.8) is 0 Å². The highest BCUT2D eigenvalue weighted by Crippen LogP contribution is 2.26. The van der Waals surface area contributed by atoms with Gasteiger partial charge in [-0.2, -0.15) is 0 Å². The Kier molecular flexibility index (Phi) is 4.74. The number of hydrogen-bond donors (Lipinski definition) is 2. The minimum atomic E-state index is -0.121. The van der Waals surface area contributed by atoms with E-state index < -0.39 is 0 Å². The summed E-state index contributed by atoms with van der Waals surface area (Å²) in [6, 6.07) is 0. The second-order valence-corrected chi connectivity index (χ2v) is 4.36. The summed E-state index contributed by atoms with van der Waals surface area (Å²) in [6.07, 6.45) is 6.57. The first kappa shape index (κ1) is 11.0. The van der Waals surface area contributed by atoms with Gasteiger partial charge in [-0.15, -0.1) is 0 Å². The molecule has 0 aromatic carbocycles. The molecule has 0 aromatic heterocycles. The van der Waals surface area contributed by atoms with Crippen LogP contribution in [0.3, 0.4) is 0 Å². The Balaban J connectivity index is 2.38. The van der Waals surface area contributed by atoms with E-state index >= 15 is 0 Å². The van der Waals surface area contributed by atoms with E-state index in [9.17, 15) is 10.2 Å². The Hall–Kier alpha value is -0.0800. The molecule has 1 aliphatic carbocycles. The van der Waals surface area contributed by atoms with Crippen molar-refractivity contribution in [2.75, 3.05) is 0 Å². The first-order valence-corrected chi connectivity index (χ1v) is 5.58. The Morgan fingerprint density at radius 1 is 1.08 bits per heavy atom. The monoisotopic (exact) mass is 186 g/mol. The molecule has 0 saturated heterocycles. The van der Waals surface area contributed by atoms with Crippen LogP contribution in [0.25, 0.3) is 0 Å². The molecule has 13 heavy (non-hydrogen) atoms. The molecule has 78 valence electrons. The molecule has 2 heteroatoms. The molecule has 0 bridgehead atoms. The summed E-state index contributed by atoms with van der Waals surface area (Å²) in [7, 11) is 0. The van der Waals surface area contributed by atoms with Crippen molar-refractivity contribution in [3.8, 4) is 0 Å². The average molecular weight is 186 g/mol. The lowest BCUT2D eigenvalue weighted by Gasteiger charge is -2.25. The fourth-order valence-electron chi connectivity index (χ4n) is 2.33. The van der Waals surface area contributed by atoms with Crippen LogP contribution in [0.5, 0.6) is 0 Å². The zero-order valence-corrected chi connectivity index (χ0v) is 8.58. The maximum Gasteiger partial charge on any atom is 0.0543 e. The number of aliphatic hydroxyl groups is 2. The molecule has 0 aromatic rings. The van der Waals surface area contributed by atoms with Crippen LogP contribution in [-0.4, -0.2) is 22.4 Å². The van der Waals surface area contributed by atoms with Crippen molar-refractivity contribution in [2.45, 2.75) is 64.1 Å². The summed E-state index contributed by atoms with van der Waals surface area (Å²) in [5.74, 6) is 0.537. The Bertz CT molecular complexity index is 124. The largest absolute Gasteiger partial charge is 0.393 e. The lowest BCUT2D eigenvalue weighted by molar-refractivity contribution is 0.0651. The van der Waals surface area contributed by atoms with Gasteiger partial charge in [-0.3, -0.25) is 0 Å². The fraction of sp³-hybridized carbons (Fsp3) is 1.00. The summed E-state index contributed by atoms with van der Waals surface area (Å²) >= 11 is 0. The lowest BCUT2D eigenvalue weighted by atomic mass is 9.85. The van der Waals surface area contributed by atoms with Crippen molar-refractivity contribution in [1.29, 1.82) is 0 Å². The molecule has 1 saturated carbocycles. The Morgan fingerprint density at radius 3 is 2.08 bits per heavy atom. The lowest BCUT2D eigenvalue weighted by Crippen LogP contribution is -2.22. The first-order chi connectivity index (χ1) is 6.22. The average Bonchev–Trinajstić information content (AvgIpc) is 2.01. The molecule has 1 fully saturated rings. The zero-order chi connectivity index (χ0) is 9.68. The smallest absolute Gasteiger partial charge is 0.0543 e. The molecule has 0 radical (unpaired) electrons. The molecular weight excluding hydrogens is 164 g/mol. The van der Waals surface area contributed by atoms with E-state index in [0.29, 0.717) is 5.92 Å². The summed E-state index contributed by atoms with van der Waals surface area (Å²) in [4.78, 5) is 0. The molecule has 0 spiro atoms. The highest BCUT2D eigenvalue weighted by atomic mass is 16.3. The molecular formula is C11H22O2. The molecule has 2 N–H and O–H groups in total. The molecule has 1 aliphatic rings. The van der Waals surface area contributed by atoms with Crippen LogP contribution in [0, 0.1) is 5.92 Å². The summed E-state index contributed by atoms with van der Waals surface area (Å²) in [5, 5.41) is 19.2. The molecule has 0 amide bonds. The molecule has 2 unspecified atom stereocenters. The van der Waals surface area contributed by atoms with Crippen molar-refractivity contribution >= 4 is 0 Å². The zero-order valence-electron chi connectivity index (χ0n) is 8.58. The summed E-state index contributed by atoms with van der Waals surface area (Å²) in [5.41, 5.74) is 0. The molecule has 0 heterocycles. The fourth-order valence-corrected chi connectivity index (χ4v) is 2.33. The third-order valence-corrected chi connectivity index (χ3v) is 2.98. The van der Waals surface area contributed by atoms with Gasteiger partial charge >= 0.3 is 0 Å². The Labute approximate surface area is 81.0 Å². The van der Waals surface area contributed by atoms with Gasteiger partial charge in [0.1, 0.15) is 0 Å². The standard InChI is InChI=1S/C11H22O2/c1-2-4-9-7-10(12)5-3-6-11(13)8-9/h9-13H,2-8H2,1H3. The van der Waals surface area contributed by atoms with E-state index in [0.717, 1.165) is 44.9 Å². The van der Waals surface area contributed by atoms with Crippen LogP contribution in [-0.2, 0) is 0 Å². The topological polar surface area (TPSA) is 40.5 Å². The van der Waals surface area contributed by atoms with Gasteiger partial charge < -0.3 is 10.2 Å². The van der Waals surface area contributed by atoms with E-state index in [2.05, 4.69) is 6.92 Å². The third-order valence-electron chi connectivity index (χ3n) is 2.98. The maximum absolute atomic E-state index is 9.62. The van der Waals surface area contributed by atoms with Gasteiger partial charge in [0.2, 0.25) is 0 Å². The highest BCUT2D eigenvalue weighted by molar-refractivity contribution is 4.73. The van der Waals surface area contributed by atoms with Crippen molar-refractivity contribution in [2.24, 2.45) is 5.92 Å². The van der Waals surface area contributed by atoms with Crippen molar-refractivity contribution in [1.82, 2.24) is 0 Å². The maximum atomic E-state index is 9.62. The van der Waals surface area contributed by atoms with Gasteiger partial charge in [0.15, 0.2) is 0 Å². The third kappa shape index (κ3) is 4.10. The van der Waals surface area contributed by atoms with E-state index in [1.807, 2.05) is 0 Å². The number of aliphatic hydroxyl groups excluding tert-OH is 2. The van der Waals surface area contributed by atoms with Crippen molar-refractivity contribution < 1.29 is 10.2 Å². The quantitative estimate of drug-likeness (QED) is 0.693. The van der Waals surface area contributed by atoms with E-state index in [1.54, 1.807) is 0 Å². The first-order valence-electron chi connectivity index (χ1n) is 5.58. The highest BCUT2D eigenvalue weighted by Gasteiger charge is 2.20. The van der Waals surface area contributed by atoms with Crippen LogP contribution < -0.4 is 0 Å².